The molecule has 7 nitrogen and oxygen atoms in total. The number of nitrogens with zero attached hydrogens (tertiary/aromatic N) is 2. The Kier molecular flexibility index (Phi) is 5.51. The molecule has 0 saturated heterocycles. The molecule has 1 heterocycles. The normalized spacial score (nSPS) is 10.3. The molecule has 0 aliphatic heterocycles. The Bertz CT molecular complexity index is 1000. The number of carbonyl (C=O) groups excluding carboxylic acids is 1. The smallest absolute Gasteiger partial charge is 0.276 e. The highest BCUT2D eigenvalue weighted by atomic mass is 16.5. The van der Waals surface area contributed by atoms with Gasteiger partial charge in [-0.2, -0.15) is 5.10 Å². The summed E-state index contributed by atoms with van der Waals surface area (Å²) < 4.78 is 11.7. The van der Waals surface area contributed by atoms with Gasteiger partial charge in [-0.25, -0.2) is 4.68 Å². The standard InChI is InChI=1S/C20H19N3O4/c1-26-17-10-8-15(12-18(17)27-2)21-20(25)16-9-11-19(24)23(22-16)13-14-6-4-3-5-7-14/h3-12H,13H2,1-2H3,(H,21,25). The van der Waals surface area contributed by atoms with Gasteiger partial charge in [-0.05, 0) is 23.8 Å². The predicted molar refractivity (Wildman–Crippen MR) is 102 cm³/mol. The van der Waals surface area contributed by atoms with Crippen LogP contribution in [0.5, 0.6) is 11.5 Å². The molecule has 0 aliphatic carbocycles. The van der Waals surface area contributed by atoms with E-state index in [0.29, 0.717) is 17.2 Å². The molecule has 0 spiro atoms. The summed E-state index contributed by atoms with van der Waals surface area (Å²) in [6.07, 6.45) is 0. The molecule has 1 amide bonds. The van der Waals surface area contributed by atoms with Crippen LogP contribution in [0.3, 0.4) is 0 Å². The summed E-state index contributed by atoms with van der Waals surface area (Å²) >= 11 is 0. The van der Waals surface area contributed by atoms with Gasteiger partial charge in [0.05, 0.1) is 20.8 Å². The third-order valence-electron chi connectivity index (χ3n) is 3.92. The lowest BCUT2D eigenvalue weighted by molar-refractivity contribution is 0.102. The molecule has 1 N–H and O–H groups in total. The third kappa shape index (κ3) is 4.33. The number of carbonyl (C=O) groups is 1. The second-order valence-corrected chi connectivity index (χ2v) is 5.72. The largest absolute Gasteiger partial charge is 0.493 e. The Morgan fingerprint density at radius 2 is 1.74 bits per heavy atom. The minimum Gasteiger partial charge on any atom is -0.493 e. The zero-order chi connectivity index (χ0) is 19.2. The monoisotopic (exact) mass is 365 g/mol. The number of rotatable bonds is 6. The van der Waals surface area contributed by atoms with Gasteiger partial charge in [-0.15, -0.1) is 0 Å². The van der Waals surface area contributed by atoms with E-state index in [-0.39, 0.29) is 17.8 Å². The maximum atomic E-state index is 12.5. The molecule has 0 fully saturated rings. The highest BCUT2D eigenvalue weighted by molar-refractivity contribution is 6.02. The van der Waals surface area contributed by atoms with Crippen LogP contribution in [0.4, 0.5) is 5.69 Å². The first-order valence-electron chi connectivity index (χ1n) is 8.26. The van der Waals surface area contributed by atoms with Crippen LogP contribution >= 0.6 is 0 Å². The topological polar surface area (TPSA) is 82.5 Å². The first-order valence-corrected chi connectivity index (χ1v) is 8.26. The van der Waals surface area contributed by atoms with Gasteiger partial charge in [0.2, 0.25) is 0 Å². The van der Waals surface area contributed by atoms with Crippen molar-refractivity contribution in [2.24, 2.45) is 0 Å². The molecule has 27 heavy (non-hydrogen) atoms. The number of anilines is 1. The molecule has 7 heteroatoms. The van der Waals surface area contributed by atoms with E-state index in [4.69, 9.17) is 9.47 Å². The van der Waals surface area contributed by atoms with Crippen LogP contribution in [0, 0.1) is 0 Å². The average molecular weight is 365 g/mol. The fourth-order valence-corrected chi connectivity index (χ4v) is 2.55. The van der Waals surface area contributed by atoms with E-state index in [0.717, 1.165) is 5.56 Å². The maximum absolute atomic E-state index is 12.5. The fourth-order valence-electron chi connectivity index (χ4n) is 2.55. The second kappa shape index (κ2) is 8.18. The number of hydrogen-bond acceptors (Lipinski definition) is 5. The number of hydrogen-bond donors (Lipinski definition) is 1. The van der Waals surface area contributed by atoms with Crippen LogP contribution in [0.1, 0.15) is 16.1 Å². The van der Waals surface area contributed by atoms with Crippen molar-refractivity contribution in [2.45, 2.75) is 6.54 Å². The van der Waals surface area contributed by atoms with Crippen LogP contribution in [-0.4, -0.2) is 29.9 Å². The van der Waals surface area contributed by atoms with E-state index in [1.165, 1.54) is 31.0 Å². The van der Waals surface area contributed by atoms with Crippen molar-refractivity contribution in [2.75, 3.05) is 19.5 Å². The Morgan fingerprint density at radius 1 is 1.00 bits per heavy atom. The van der Waals surface area contributed by atoms with Crippen LogP contribution in [-0.2, 0) is 6.54 Å². The first-order chi connectivity index (χ1) is 13.1. The number of aromatic nitrogens is 2. The highest BCUT2D eigenvalue weighted by Crippen LogP contribution is 2.29. The number of methoxy groups -OCH3 is 2. The summed E-state index contributed by atoms with van der Waals surface area (Å²) in [5, 5.41) is 6.92. The molecule has 1 aromatic heterocycles. The van der Waals surface area contributed by atoms with Crippen molar-refractivity contribution in [3.05, 3.63) is 82.3 Å². The Balaban J connectivity index is 1.81. The van der Waals surface area contributed by atoms with Crippen molar-refractivity contribution < 1.29 is 14.3 Å². The molecule has 3 aromatic rings. The van der Waals surface area contributed by atoms with Gasteiger partial charge in [0.1, 0.15) is 5.69 Å². The van der Waals surface area contributed by atoms with Crippen molar-refractivity contribution >= 4 is 11.6 Å². The molecule has 0 radical (unpaired) electrons. The third-order valence-corrected chi connectivity index (χ3v) is 3.92. The molecule has 0 saturated carbocycles. The van der Waals surface area contributed by atoms with Gasteiger partial charge in [0, 0.05) is 17.8 Å². The SMILES string of the molecule is COc1ccc(NC(=O)c2ccc(=O)n(Cc3ccccc3)n2)cc1OC. The van der Waals surface area contributed by atoms with Gasteiger partial charge in [-0.3, -0.25) is 9.59 Å². The molecule has 138 valence electrons. The van der Waals surface area contributed by atoms with Crippen molar-refractivity contribution in [3.63, 3.8) is 0 Å². The molecule has 0 unspecified atom stereocenters. The van der Waals surface area contributed by atoms with Crippen molar-refractivity contribution in [3.8, 4) is 11.5 Å². The van der Waals surface area contributed by atoms with Crippen LogP contribution < -0.4 is 20.3 Å². The first kappa shape index (κ1) is 18.2. The summed E-state index contributed by atoms with van der Waals surface area (Å²) in [6, 6.07) is 17.2. The molecule has 0 aliphatic rings. The molecule has 3 rings (SSSR count). The molecular formula is C20H19N3O4. The van der Waals surface area contributed by atoms with Crippen molar-refractivity contribution in [1.29, 1.82) is 0 Å². The van der Waals surface area contributed by atoms with Gasteiger partial charge in [0.25, 0.3) is 11.5 Å². The van der Waals surface area contributed by atoms with Crippen LogP contribution in [0.2, 0.25) is 0 Å². The van der Waals surface area contributed by atoms with Crippen molar-refractivity contribution in [1.82, 2.24) is 9.78 Å². The Labute approximate surface area is 156 Å². The lowest BCUT2D eigenvalue weighted by Crippen LogP contribution is -2.26. The summed E-state index contributed by atoms with van der Waals surface area (Å²) in [7, 11) is 3.06. The van der Waals surface area contributed by atoms with Crippen LogP contribution in [0.25, 0.3) is 0 Å². The minimum absolute atomic E-state index is 0.139. The van der Waals surface area contributed by atoms with E-state index < -0.39 is 5.91 Å². The Morgan fingerprint density at radius 3 is 2.44 bits per heavy atom. The van der Waals surface area contributed by atoms with Gasteiger partial charge >= 0.3 is 0 Å². The van der Waals surface area contributed by atoms with E-state index in [1.807, 2.05) is 30.3 Å². The molecule has 0 atom stereocenters. The van der Waals surface area contributed by atoms with E-state index in [9.17, 15) is 9.59 Å². The quantitative estimate of drug-likeness (QED) is 0.726. The lowest BCUT2D eigenvalue weighted by Gasteiger charge is -2.11. The fraction of sp³-hybridized carbons (Fsp3) is 0.150. The highest BCUT2D eigenvalue weighted by Gasteiger charge is 2.12. The van der Waals surface area contributed by atoms with E-state index >= 15 is 0 Å². The zero-order valence-electron chi connectivity index (χ0n) is 15.0. The van der Waals surface area contributed by atoms with Gasteiger partial charge < -0.3 is 14.8 Å². The predicted octanol–water partition coefficient (Wildman–Crippen LogP) is 2.56. The lowest BCUT2D eigenvalue weighted by atomic mass is 10.2. The number of ether oxygens (including phenoxy) is 2. The summed E-state index contributed by atoms with van der Waals surface area (Å²) in [5.41, 5.74) is 1.31. The molecule has 0 bridgehead atoms. The van der Waals surface area contributed by atoms with E-state index in [2.05, 4.69) is 10.4 Å². The maximum Gasteiger partial charge on any atom is 0.276 e. The second-order valence-electron chi connectivity index (χ2n) is 5.72. The summed E-state index contributed by atoms with van der Waals surface area (Å²) in [6.45, 7) is 0.289. The minimum atomic E-state index is -0.427. The number of amides is 1. The van der Waals surface area contributed by atoms with Crippen LogP contribution in [0.15, 0.2) is 65.5 Å². The number of benzene rings is 2. The summed E-state index contributed by atoms with van der Waals surface area (Å²) in [4.78, 5) is 24.6. The average Bonchev–Trinajstić information content (AvgIpc) is 2.70. The summed E-state index contributed by atoms with van der Waals surface area (Å²) in [5.74, 6) is 0.631. The van der Waals surface area contributed by atoms with E-state index in [1.54, 1.807) is 18.2 Å². The molecular weight excluding hydrogens is 346 g/mol. The van der Waals surface area contributed by atoms with Gasteiger partial charge in [-0.1, -0.05) is 30.3 Å². The van der Waals surface area contributed by atoms with Gasteiger partial charge in [0.15, 0.2) is 11.5 Å². The zero-order valence-corrected chi connectivity index (χ0v) is 15.0. The number of nitrogens with one attached hydrogen (secondary N) is 1. The Hall–Kier alpha value is -3.61. The molecule has 2 aromatic carbocycles.